The lowest BCUT2D eigenvalue weighted by molar-refractivity contribution is -0.192. The lowest BCUT2D eigenvalue weighted by Crippen LogP contribution is -2.50. The number of hydrogen-bond acceptors (Lipinski definition) is 6. The first-order valence-corrected chi connectivity index (χ1v) is 8.47. The van der Waals surface area contributed by atoms with Crippen LogP contribution in [0.2, 0.25) is 0 Å². The molecule has 3 heterocycles. The van der Waals surface area contributed by atoms with Crippen molar-refractivity contribution < 1.29 is 37.0 Å². The molecule has 156 valence electrons. The number of alkyl halides is 3. The Morgan fingerprint density at radius 2 is 1.93 bits per heavy atom. The number of ether oxygens (including phenoxy) is 1. The fourth-order valence-corrected chi connectivity index (χ4v) is 3.17. The van der Waals surface area contributed by atoms with Gasteiger partial charge in [-0.2, -0.15) is 13.2 Å². The SMILES string of the molecule is CNC(=O)[C@H]1CO[C@H]2CCN(c3ncc(F)cn3)C[C@H]2C1.O=C(O)C(F)(F)F. The van der Waals surface area contributed by atoms with E-state index in [0.29, 0.717) is 12.6 Å². The van der Waals surface area contributed by atoms with E-state index in [1.807, 2.05) is 4.90 Å². The van der Waals surface area contributed by atoms with Gasteiger partial charge in [0.1, 0.15) is 0 Å². The Kier molecular flexibility index (Phi) is 7.11. The highest BCUT2D eigenvalue weighted by atomic mass is 19.4. The van der Waals surface area contributed by atoms with Gasteiger partial charge in [0, 0.05) is 26.1 Å². The van der Waals surface area contributed by atoms with Crippen molar-refractivity contribution in [1.82, 2.24) is 15.3 Å². The second kappa shape index (κ2) is 9.13. The molecule has 0 radical (unpaired) electrons. The lowest BCUT2D eigenvalue weighted by atomic mass is 9.83. The Hall–Kier alpha value is -2.50. The first-order valence-electron chi connectivity index (χ1n) is 8.47. The zero-order valence-corrected chi connectivity index (χ0v) is 14.9. The summed E-state index contributed by atoms with van der Waals surface area (Å²) in [5, 5.41) is 9.81. The summed E-state index contributed by atoms with van der Waals surface area (Å²) in [5.41, 5.74) is 0. The van der Waals surface area contributed by atoms with Gasteiger partial charge in [-0.15, -0.1) is 0 Å². The highest BCUT2D eigenvalue weighted by molar-refractivity contribution is 5.78. The molecule has 12 heteroatoms. The average molecular weight is 408 g/mol. The van der Waals surface area contributed by atoms with E-state index in [2.05, 4.69) is 15.3 Å². The average Bonchev–Trinajstić information content (AvgIpc) is 2.66. The molecule has 2 aliphatic heterocycles. The predicted molar refractivity (Wildman–Crippen MR) is 87.9 cm³/mol. The molecule has 0 bridgehead atoms. The molecule has 2 fully saturated rings. The van der Waals surface area contributed by atoms with Crippen LogP contribution in [0.15, 0.2) is 12.4 Å². The number of nitrogens with one attached hydrogen (secondary N) is 1. The summed E-state index contributed by atoms with van der Waals surface area (Å²) < 4.78 is 50.5. The molecular weight excluding hydrogens is 388 g/mol. The molecule has 0 spiro atoms. The fourth-order valence-electron chi connectivity index (χ4n) is 3.17. The fraction of sp³-hybridized carbons (Fsp3) is 0.625. The number of rotatable bonds is 2. The third kappa shape index (κ3) is 5.75. The maximum atomic E-state index is 12.9. The highest BCUT2D eigenvalue weighted by Crippen LogP contribution is 2.32. The Labute approximate surface area is 157 Å². The van der Waals surface area contributed by atoms with E-state index in [1.165, 1.54) is 12.4 Å². The van der Waals surface area contributed by atoms with Crippen LogP contribution >= 0.6 is 0 Å². The molecular formula is C16H20F4N4O4. The number of aliphatic carboxylic acids is 1. The summed E-state index contributed by atoms with van der Waals surface area (Å²) in [7, 11) is 1.65. The number of nitrogens with zero attached hydrogens (tertiary/aromatic N) is 3. The summed E-state index contributed by atoms with van der Waals surface area (Å²) in [6.07, 6.45) is -0.839. The van der Waals surface area contributed by atoms with Crippen LogP contribution in [0.5, 0.6) is 0 Å². The number of carbonyl (C=O) groups excluding carboxylic acids is 1. The molecule has 0 unspecified atom stereocenters. The van der Waals surface area contributed by atoms with Crippen molar-refractivity contribution in [3.8, 4) is 0 Å². The number of piperidine rings is 1. The molecule has 3 atom stereocenters. The van der Waals surface area contributed by atoms with Gasteiger partial charge in [0.2, 0.25) is 11.9 Å². The Bertz CT molecular complexity index is 686. The van der Waals surface area contributed by atoms with Gasteiger partial charge in [0.15, 0.2) is 5.82 Å². The molecule has 2 N–H and O–H groups in total. The molecule has 1 aromatic heterocycles. The van der Waals surface area contributed by atoms with E-state index < -0.39 is 18.0 Å². The van der Waals surface area contributed by atoms with Gasteiger partial charge >= 0.3 is 12.1 Å². The van der Waals surface area contributed by atoms with Crippen molar-refractivity contribution in [2.24, 2.45) is 11.8 Å². The molecule has 1 amide bonds. The molecule has 1 aromatic rings. The van der Waals surface area contributed by atoms with E-state index in [4.69, 9.17) is 14.6 Å². The normalized spacial score (nSPS) is 24.5. The summed E-state index contributed by atoms with van der Waals surface area (Å²) >= 11 is 0. The smallest absolute Gasteiger partial charge is 0.475 e. The van der Waals surface area contributed by atoms with E-state index in [-0.39, 0.29) is 23.8 Å². The quantitative estimate of drug-likeness (QED) is 0.709. The minimum atomic E-state index is -5.08. The number of aromatic nitrogens is 2. The van der Waals surface area contributed by atoms with Crippen LogP contribution < -0.4 is 10.2 Å². The molecule has 28 heavy (non-hydrogen) atoms. The minimum absolute atomic E-state index is 0.0311. The zero-order valence-electron chi connectivity index (χ0n) is 14.9. The number of hydrogen-bond donors (Lipinski definition) is 2. The summed E-state index contributed by atoms with van der Waals surface area (Å²) in [6.45, 7) is 2.02. The number of halogens is 4. The van der Waals surface area contributed by atoms with Gasteiger partial charge < -0.3 is 20.1 Å². The van der Waals surface area contributed by atoms with Gasteiger partial charge in [-0.1, -0.05) is 0 Å². The number of amides is 1. The van der Waals surface area contributed by atoms with E-state index in [1.54, 1.807) is 7.05 Å². The minimum Gasteiger partial charge on any atom is -0.475 e. The lowest BCUT2D eigenvalue weighted by Gasteiger charge is -2.42. The molecule has 0 saturated carbocycles. The van der Waals surface area contributed by atoms with Crippen molar-refractivity contribution in [1.29, 1.82) is 0 Å². The third-order valence-corrected chi connectivity index (χ3v) is 4.51. The molecule has 0 aromatic carbocycles. The molecule has 3 rings (SSSR count). The van der Waals surface area contributed by atoms with Crippen LogP contribution in [0, 0.1) is 17.7 Å². The maximum Gasteiger partial charge on any atom is 0.490 e. The number of carbonyl (C=O) groups is 2. The number of carboxylic acid groups (broad SMARTS) is 1. The Morgan fingerprint density at radius 3 is 2.46 bits per heavy atom. The first-order chi connectivity index (χ1) is 13.1. The number of fused-ring (bicyclic) bond motifs is 1. The Balaban J connectivity index is 0.000000345. The third-order valence-electron chi connectivity index (χ3n) is 4.51. The summed E-state index contributed by atoms with van der Waals surface area (Å²) in [4.78, 5) is 30.8. The van der Waals surface area contributed by atoms with Gasteiger partial charge in [0.05, 0.1) is 31.0 Å². The van der Waals surface area contributed by atoms with Crippen molar-refractivity contribution in [2.45, 2.75) is 25.1 Å². The standard InChI is InChI=1S/C14H19FN4O2.C2HF3O2/c1-16-13(20)10-4-9-7-19(3-2-12(9)21-8-10)14-17-5-11(15)6-18-14;3-2(4,5)1(6)7/h5-6,9-10,12H,2-4,7-8H2,1H3,(H,16,20);(H,6,7)/t9-,10-,12+;/m1./s1. The summed E-state index contributed by atoms with van der Waals surface area (Å²) in [5.74, 6) is -2.43. The largest absolute Gasteiger partial charge is 0.490 e. The number of anilines is 1. The van der Waals surface area contributed by atoms with Crippen LogP contribution in [0.25, 0.3) is 0 Å². The van der Waals surface area contributed by atoms with Crippen LogP contribution in [-0.4, -0.2) is 66.0 Å². The van der Waals surface area contributed by atoms with Crippen molar-refractivity contribution in [3.05, 3.63) is 18.2 Å². The first kappa shape index (κ1) is 21.8. The second-order valence-electron chi connectivity index (χ2n) is 6.42. The molecule has 2 saturated heterocycles. The van der Waals surface area contributed by atoms with Gasteiger partial charge in [-0.25, -0.2) is 19.2 Å². The topological polar surface area (TPSA) is 105 Å². The molecule has 2 aliphatic rings. The predicted octanol–water partition coefficient (Wildman–Crippen LogP) is 1.23. The zero-order chi connectivity index (χ0) is 20.9. The summed E-state index contributed by atoms with van der Waals surface area (Å²) in [6, 6.07) is 0. The second-order valence-corrected chi connectivity index (χ2v) is 6.42. The van der Waals surface area contributed by atoms with Crippen molar-refractivity contribution in [3.63, 3.8) is 0 Å². The van der Waals surface area contributed by atoms with Crippen molar-refractivity contribution >= 4 is 17.8 Å². The van der Waals surface area contributed by atoms with Gasteiger partial charge in [-0.05, 0) is 12.8 Å². The molecule has 0 aliphatic carbocycles. The van der Waals surface area contributed by atoms with Gasteiger partial charge in [0.25, 0.3) is 0 Å². The van der Waals surface area contributed by atoms with Gasteiger partial charge in [-0.3, -0.25) is 4.79 Å². The van der Waals surface area contributed by atoms with Crippen LogP contribution in [0.4, 0.5) is 23.5 Å². The van der Waals surface area contributed by atoms with E-state index in [0.717, 1.165) is 25.9 Å². The Morgan fingerprint density at radius 1 is 1.32 bits per heavy atom. The van der Waals surface area contributed by atoms with Crippen LogP contribution in [0.3, 0.4) is 0 Å². The van der Waals surface area contributed by atoms with Crippen LogP contribution in [0.1, 0.15) is 12.8 Å². The molecule has 8 nitrogen and oxygen atoms in total. The monoisotopic (exact) mass is 408 g/mol. The van der Waals surface area contributed by atoms with Crippen molar-refractivity contribution in [2.75, 3.05) is 31.6 Å². The van der Waals surface area contributed by atoms with E-state index >= 15 is 0 Å². The number of carboxylic acids is 1. The highest BCUT2D eigenvalue weighted by Gasteiger charge is 2.39. The maximum absolute atomic E-state index is 12.9. The van der Waals surface area contributed by atoms with Crippen LogP contribution in [-0.2, 0) is 14.3 Å². The van der Waals surface area contributed by atoms with E-state index in [9.17, 15) is 22.4 Å².